The van der Waals surface area contributed by atoms with Crippen LogP contribution in [0, 0.1) is 0 Å². The standard InChI is InChI=1S/C7H9NO2/c9-7-5-2-1-3-8-6(5)4-10-7/h4,8-9H,1-3H2. The quantitative estimate of drug-likeness (QED) is 0.570. The lowest BCUT2D eigenvalue weighted by Gasteiger charge is -2.11. The van der Waals surface area contributed by atoms with Gasteiger partial charge in [-0.2, -0.15) is 0 Å². The minimum absolute atomic E-state index is 0.0715. The third-order valence-electron chi connectivity index (χ3n) is 1.79. The number of hydrogen-bond donors (Lipinski definition) is 2. The van der Waals surface area contributed by atoms with Crippen molar-refractivity contribution in [1.82, 2.24) is 0 Å². The molecule has 10 heavy (non-hydrogen) atoms. The summed E-state index contributed by atoms with van der Waals surface area (Å²) >= 11 is 0. The van der Waals surface area contributed by atoms with Gasteiger partial charge in [0.1, 0.15) is 6.26 Å². The third kappa shape index (κ3) is 0.667. The van der Waals surface area contributed by atoms with Gasteiger partial charge in [-0.25, -0.2) is 0 Å². The van der Waals surface area contributed by atoms with Crippen molar-refractivity contribution < 1.29 is 9.52 Å². The van der Waals surface area contributed by atoms with E-state index in [1.807, 2.05) is 0 Å². The maximum absolute atomic E-state index is 9.09. The van der Waals surface area contributed by atoms with Gasteiger partial charge in [0.05, 0.1) is 11.3 Å². The first-order valence-electron chi connectivity index (χ1n) is 3.41. The lowest BCUT2D eigenvalue weighted by molar-refractivity contribution is 0.328. The molecular formula is C7H9NO2. The fraction of sp³-hybridized carbons (Fsp3) is 0.429. The molecule has 1 aliphatic heterocycles. The van der Waals surface area contributed by atoms with Crippen molar-refractivity contribution in [3.8, 4) is 5.95 Å². The first-order chi connectivity index (χ1) is 4.88. The minimum atomic E-state index is 0.0715. The summed E-state index contributed by atoms with van der Waals surface area (Å²) in [6.45, 7) is 0.978. The monoisotopic (exact) mass is 139 g/mol. The number of rotatable bonds is 0. The molecule has 1 aromatic heterocycles. The van der Waals surface area contributed by atoms with E-state index in [2.05, 4.69) is 5.32 Å². The van der Waals surface area contributed by atoms with Crippen LogP contribution in [0.5, 0.6) is 5.95 Å². The van der Waals surface area contributed by atoms with Crippen LogP contribution in [-0.2, 0) is 6.42 Å². The highest BCUT2D eigenvalue weighted by Crippen LogP contribution is 2.31. The normalized spacial score (nSPS) is 16.0. The highest BCUT2D eigenvalue weighted by Gasteiger charge is 2.15. The molecule has 0 saturated carbocycles. The lowest BCUT2D eigenvalue weighted by atomic mass is 10.1. The molecule has 0 unspecified atom stereocenters. The van der Waals surface area contributed by atoms with Crippen LogP contribution in [0.1, 0.15) is 12.0 Å². The SMILES string of the molecule is Oc1occ2c1CCCN2. The van der Waals surface area contributed by atoms with Gasteiger partial charge in [0, 0.05) is 6.54 Å². The number of anilines is 1. The van der Waals surface area contributed by atoms with Crippen LogP contribution in [0.25, 0.3) is 0 Å². The number of hydrogen-bond acceptors (Lipinski definition) is 3. The molecule has 0 atom stereocenters. The molecule has 0 aliphatic carbocycles. The Morgan fingerprint density at radius 1 is 1.60 bits per heavy atom. The molecule has 54 valence electrons. The van der Waals surface area contributed by atoms with Crippen molar-refractivity contribution in [3.63, 3.8) is 0 Å². The molecule has 2 N–H and O–H groups in total. The average Bonchev–Trinajstić information content (AvgIpc) is 2.34. The zero-order chi connectivity index (χ0) is 6.97. The van der Waals surface area contributed by atoms with Crippen LogP contribution < -0.4 is 5.32 Å². The number of furan rings is 1. The third-order valence-corrected chi connectivity index (χ3v) is 1.79. The van der Waals surface area contributed by atoms with E-state index in [4.69, 9.17) is 9.52 Å². The Morgan fingerprint density at radius 3 is 3.30 bits per heavy atom. The molecule has 0 radical (unpaired) electrons. The second-order valence-corrected chi connectivity index (χ2v) is 2.46. The van der Waals surface area contributed by atoms with Gasteiger partial charge in [0.25, 0.3) is 5.95 Å². The van der Waals surface area contributed by atoms with Crippen molar-refractivity contribution in [2.45, 2.75) is 12.8 Å². The maximum atomic E-state index is 9.09. The van der Waals surface area contributed by atoms with Gasteiger partial charge in [-0.05, 0) is 12.8 Å². The molecule has 1 aromatic rings. The predicted octanol–water partition coefficient (Wildman–Crippen LogP) is 1.34. The highest BCUT2D eigenvalue weighted by molar-refractivity contribution is 5.54. The summed E-state index contributed by atoms with van der Waals surface area (Å²) < 4.78 is 4.81. The van der Waals surface area contributed by atoms with E-state index >= 15 is 0 Å². The molecule has 1 aliphatic rings. The topological polar surface area (TPSA) is 45.4 Å². The van der Waals surface area contributed by atoms with Crippen LogP contribution in [0.4, 0.5) is 5.69 Å². The van der Waals surface area contributed by atoms with Gasteiger partial charge in [-0.3, -0.25) is 0 Å². The van der Waals surface area contributed by atoms with Crippen LogP contribution in [0.3, 0.4) is 0 Å². The van der Waals surface area contributed by atoms with E-state index < -0.39 is 0 Å². The van der Waals surface area contributed by atoms with Gasteiger partial charge in [-0.15, -0.1) is 0 Å². The molecule has 0 fully saturated rings. The largest absolute Gasteiger partial charge is 0.480 e. The molecule has 3 heteroatoms. The summed E-state index contributed by atoms with van der Waals surface area (Å²) in [4.78, 5) is 0. The van der Waals surface area contributed by atoms with Gasteiger partial charge in [0.15, 0.2) is 0 Å². The van der Waals surface area contributed by atoms with E-state index in [1.165, 1.54) is 0 Å². The average molecular weight is 139 g/mol. The van der Waals surface area contributed by atoms with E-state index in [1.54, 1.807) is 6.26 Å². The second-order valence-electron chi connectivity index (χ2n) is 2.46. The minimum Gasteiger partial charge on any atom is -0.480 e. The van der Waals surface area contributed by atoms with Crippen molar-refractivity contribution in [2.24, 2.45) is 0 Å². The molecule has 0 spiro atoms. The number of fused-ring (bicyclic) bond motifs is 1. The fourth-order valence-corrected chi connectivity index (χ4v) is 1.25. The Morgan fingerprint density at radius 2 is 2.50 bits per heavy atom. The lowest BCUT2D eigenvalue weighted by Crippen LogP contribution is -2.09. The summed E-state index contributed by atoms with van der Waals surface area (Å²) in [5, 5.41) is 12.2. The Hall–Kier alpha value is -1.12. The van der Waals surface area contributed by atoms with Crippen LogP contribution in [0.15, 0.2) is 10.7 Å². The van der Waals surface area contributed by atoms with E-state index in [0.717, 1.165) is 30.6 Å². The number of aromatic hydroxyl groups is 1. The van der Waals surface area contributed by atoms with Gasteiger partial charge in [-0.1, -0.05) is 0 Å². The maximum Gasteiger partial charge on any atom is 0.287 e. The molecule has 3 nitrogen and oxygen atoms in total. The first-order valence-corrected chi connectivity index (χ1v) is 3.41. The molecule has 0 saturated heterocycles. The van der Waals surface area contributed by atoms with Crippen molar-refractivity contribution in [2.75, 3.05) is 11.9 Å². The van der Waals surface area contributed by atoms with Crippen LogP contribution in [-0.4, -0.2) is 11.7 Å². The Balaban J connectivity index is 2.45. The zero-order valence-corrected chi connectivity index (χ0v) is 5.55. The van der Waals surface area contributed by atoms with E-state index in [0.29, 0.717) is 0 Å². The highest BCUT2D eigenvalue weighted by atomic mass is 16.5. The van der Waals surface area contributed by atoms with Crippen molar-refractivity contribution in [3.05, 3.63) is 11.8 Å². The number of nitrogens with one attached hydrogen (secondary N) is 1. The molecule has 0 amide bonds. The summed E-state index contributed by atoms with van der Waals surface area (Å²) in [5.74, 6) is 0.0715. The predicted molar refractivity (Wildman–Crippen MR) is 37.2 cm³/mol. The Labute approximate surface area is 58.7 Å². The smallest absolute Gasteiger partial charge is 0.287 e. The summed E-state index contributed by atoms with van der Waals surface area (Å²) in [6, 6.07) is 0. The van der Waals surface area contributed by atoms with Crippen molar-refractivity contribution >= 4 is 5.69 Å². The fourth-order valence-electron chi connectivity index (χ4n) is 1.25. The van der Waals surface area contributed by atoms with Crippen molar-refractivity contribution in [1.29, 1.82) is 0 Å². The molecular weight excluding hydrogens is 130 g/mol. The summed E-state index contributed by atoms with van der Waals surface area (Å²) in [5.41, 5.74) is 1.87. The first kappa shape index (κ1) is 5.65. The Bertz CT molecular complexity index is 242. The Kier molecular flexibility index (Phi) is 1.09. The van der Waals surface area contributed by atoms with Gasteiger partial charge < -0.3 is 14.8 Å². The second kappa shape index (κ2) is 1.94. The van der Waals surface area contributed by atoms with E-state index in [9.17, 15) is 0 Å². The van der Waals surface area contributed by atoms with E-state index in [-0.39, 0.29) is 5.95 Å². The summed E-state index contributed by atoms with van der Waals surface area (Å²) in [7, 11) is 0. The molecule has 2 rings (SSSR count). The summed E-state index contributed by atoms with van der Waals surface area (Å²) in [6.07, 6.45) is 3.55. The van der Waals surface area contributed by atoms with Gasteiger partial charge >= 0.3 is 0 Å². The molecule has 0 bridgehead atoms. The van der Waals surface area contributed by atoms with Crippen LogP contribution in [0.2, 0.25) is 0 Å². The molecule has 0 aromatic carbocycles. The molecule has 2 heterocycles. The van der Waals surface area contributed by atoms with Crippen LogP contribution >= 0.6 is 0 Å². The van der Waals surface area contributed by atoms with Gasteiger partial charge in [0.2, 0.25) is 0 Å². The zero-order valence-electron chi connectivity index (χ0n) is 5.55.